The fraction of sp³-hybridized carbons (Fsp3) is 0.375. The summed E-state index contributed by atoms with van der Waals surface area (Å²) in [5.41, 5.74) is 1.19. The molecule has 2 aromatic rings. The summed E-state index contributed by atoms with van der Waals surface area (Å²) in [6.07, 6.45) is 0. The molecule has 2 rings (SSSR count). The summed E-state index contributed by atoms with van der Waals surface area (Å²) in [6.45, 7) is 3.49. The van der Waals surface area contributed by atoms with E-state index in [0.717, 1.165) is 6.54 Å². The van der Waals surface area contributed by atoms with Gasteiger partial charge < -0.3 is 19.5 Å². The first-order chi connectivity index (χ1) is 10.2. The molecule has 21 heavy (non-hydrogen) atoms. The van der Waals surface area contributed by atoms with Gasteiger partial charge in [0.2, 0.25) is 5.75 Å². The number of hydrogen-bond donors (Lipinski definition) is 1. The summed E-state index contributed by atoms with van der Waals surface area (Å²) in [4.78, 5) is 2.58. The van der Waals surface area contributed by atoms with Gasteiger partial charge in [-0.05, 0) is 32.2 Å². The highest BCUT2D eigenvalue weighted by molar-refractivity contribution is 7.12. The Hall–Kier alpha value is -1.72. The van der Waals surface area contributed by atoms with E-state index in [0.29, 0.717) is 23.9 Å². The molecule has 1 N–H and O–H groups in total. The van der Waals surface area contributed by atoms with Crippen LogP contribution in [0.1, 0.15) is 15.3 Å². The standard InChI is InChI=1S/C16H21NO3S/c1-11-12(8-13(21-11)9-17-2)10-20-16-14(18-3)6-5-7-15(16)19-4/h5-8,17H,9-10H2,1-4H3. The average molecular weight is 307 g/mol. The molecule has 0 radical (unpaired) electrons. The van der Waals surface area contributed by atoms with Crippen LogP contribution < -0.4 is 19.5 Å². The normalized spacial score (nSPS) is 10.5. The van der Waals surface area contributed by atoms with E-state index in [1.807, 2.05) is 25.2 Å². The van der Waals surface area contributed by atoms with Crippen molar-refractivity contribution in [1.82, 2.24) is 5.32 Å². The molecule has 1 aromatic carbocycles. The third kappa shape index (κ3) is 3.68. The van der Waals surface area contributed by atoms with Crippen molar-refractivity contribution in [2.75, 3.05) is 21.3 Å². The molecule has 0 saturated carbocycles. The van der Waals surface area contributed by atoms with Crippen molar-refractivity contribution in [2.24, 2.45) is 0 Å². The van der Waals surface area contributed by atoms with Crippen LogP contribution in [0.15, 0.2) is 24.3 Å². The van der Waals surface area contributed by atoms with Crippen molar-refractivity contribution >= 4 is 11.3 Å². The van der Waals surface area contributed by atoms with Crippen LogP contribution >= 0.6 is 11.3 Å². The molecule has 0 atom stereocenters. The second kappa shape index (κ2) is 7.33. The first-order valence-corrected chi connectivity index (χ1v) is 7.57. The number of aryl methyl sites for hydroxylation is 1. The van der Waals surface area contributed by atoms with Gasteiger partial charge in [-0.1, -0.05) is 6.07 Å². The summed E-state index contributed by atoms with van der Waals surface area (Å²) in [7, 11) is 5.20. The van der Waals surface area contributed by atoms with E-state index < -0.39 is 0 Å². The molecular weight excluding hydrogens is 286 g/mol. The zero-order chi connectivity index (χ0) is 15.2. The molecule has 0 saturated heterocycles. The molecule has 0 aliphatic carbocycles. The molecular formula is C16H21NO3S. The van der Waals surface area contributed by atoms with Crippen LogP contribution in [-0.4, -0.2) is 21.3 Å². The topological polar surface area (TPSA) is 39.7 Å². The molecule has 1 heterocycles. The third-order valence-corrected chi connectivity index (χ3v) is 4.27. The fourth-order valence-corrected chi connectivity index (χ4v) is 3.16. The minimum atomic E-state index is 0.503. The number of thiophene rings is 1. The number of para-hydroxylation sites is 1. The first kappa shape index (κ1) is 15.7. The minimum Gasteiger partial charge on any atom is -0.493 e. The summed E-state index contributed by atoms with van der Waals surface area (Å²) in [5, 5.41) is 3.16. The number of methoxy groups -OCH3 is 2. The van der Waals surface area contributed by atoms with Crippen molar-refractivity contribution in [3.63, 3.8) is 0 Å². The second-order valence-corrected chi connectivity index (χ2v) is 5.95. The highest BCUT2D eigenvalue weighted by atomic mass is 32.1. The molecule has 0 bridgehead atoms. The SMILES string of the molecule is CNCc1cc(COc2c(OC)cccc2OC)c(C)s1. The molecule has 114 valence electrons. The van der Waals surface area contributed by atoms with Crippen LogP contribution in [0.5, 0.6) is 17.2 Å². The smallest absolute Gasteiger partial charge is 0.203 e. The number of hydrogen-bond acceptors (Lipinski definition) is 5. The van der Waals surface area contributed by atoms with E-state index in [2.05, 4.69) is 18.3 Å². The number of rotatable bonds is 7. The Bertz CT molecular complexity index is 573. The largest absolute Gasteiger partial charge is 0.493 e. The fourth-order valence-electron chi connectivity index (χ4n) is 2.10. The summed E-state index contributed by atoms with van der Waals surface area (Å²) < 4.78 is 16.6. The lowest BCUT2D eigenvalue weighted by atomic mass is 10.2. The molecule has 5 heteroatoms. The van der Waals surface area contributed by atoms with Gasteiger partial charge >= 0.3 is 0 Å². The monoisotopic (exact) mass is 307 g/mol. The van der Waals surface area contributed by atoms with Gasteiger partial charge in [-0.25, -0.2) is 0 Å². The summed E-state index contributed by atoms with van der Waals surface area (Å²) in [5.74, 6) is 2.00. The molecule has 4 nitrogen and oxygen atoms in total. The Morgan fingerprint density at radius 3 is 2.38 bits per heavy atom. The molecule has 0 aliphatic rings. The minimum absolute atomic E-state index is 0.503. The maximum atomic E-state index is 5.94. The third-order valence-electron chi connectivity index (χ3n) is 3.18. The zero-order valence-corrected chi connectivity index (χ0v) is 13.7. The van der Waals surface area contributed by atoms with Crippen LogP contribution in [0, 0.1) is 6.92 Å². The van der Waals surface area contributed by atoms with E-state index in [4.69, 9.17) is 14.2 Å². The van der Waals surface area contributed by atoms with Crippen molar-refractivity contribution < 1.29 is 14.2 Å². The van der Waals surface area contributed by atoms with E-state index in [-0.39, 0.29) is 0 Å². The Labute approximate surface area is 129 Å². The van der Waals surface area contributed by atoms with Gasteiger partial charge in [0, 0.05) is 21.9 Å². The predicted octanol–water partition coefficient (Wildman–Crippen LogP) is 3.37. The maximum Gasteiger partial charge on any atom is 0.203 e. The van der Waals surface area contributed by atoms with Crippen LogP contribution in [0.25, 0.3) is 0 Å². The lowest BCUT2D eigenvalue weighted by molar-refractivity contribution is 0.266. The van der Waals surface area contributed by atoms with Gasteiger partial charge in [-0.15, -0.1) is 11.3 Å². The number of ether oxygens (including phenoxy) is 3. The van der Waals surface area contributed by atoms with E-state index in [1.165, 1.54) is 15.3 Å². The van der Waals surface area contributed by atoms with Crippen molar-refractivity contribution in [3.8, 4) is 17.2 Å². The quantitative estimate of drug-likeness (QED) is 0.851. The lowest BCUT2D eigenvalue weighted by Crippen LogP contribution is -2.03. The van der Waals surface area contributed by atoms with Crippen molar-refractivity contribution in [2.45, 2.75) is 20.1 Å². The molecule has 0 fully saturated rings. The van der Waals surface area contributed by atoms with Gasteiger partial charge in [0.1, 0.15) is 6.61 Å². The Balaban J connectivity index is 2.16. The predicted molar refractivity (Wildman–Crippen MR) is 85.7 cm³/mol. The second-order valence-electron chi connectivity index (χ2n) is 4.60. The molecule has 0 unspecified atom stereocenters. The van der Waals surface area contributed by atoms with Crippen LogP contribution in [-0.2, 0) is 13.2 Å². The number of nitrogens with one attached hydrogen (secondary N) is 1. The van der Waals surface area contributed by atoms with Crippen LogP contribution in [0.3, 0.4) is 0 Å². The highest BCUT2D eigenvalue weighted by Gasteiger charge is 2.13. The van der Waals surface area contributed by atoms with Gasteiger partial charge in [-0.3, -0.25) is 0 Å². The highest BCUT2D eigenvalue weighted by Crippen LogP contribution is 2.37. The van der Waals surface area contributed by atoms with E-state index >= 15 is 0 Å². The molecule has 1 aromatic heterocycles. The van der Waals surface area contributed by atoms with Gasteiger partial charge in [-0.2, -0.15) is 0 Å². The Morgan fingerprint density at radius 2 is 1.81 bits per heavy atom. The van der Waals surface area contributed by atoms with E-state index in [9.17, 15) is 0 Å². The van der Waals surface area contributed by atoms with Gasteiger partial charge in [0.15, 0.2) is 11.5 Å². The molecule has 0 spiro atoms. The zero-order valence-electron chi connectivity index (χ0n) is 12.9. The van der Waals surface area contributed by atoms with E-state index in [1.54, 1.807) is 25.6 Å². The number of benzene rings is 1. The Kier molecular flexibility index (Phi) is 5.47. The molecule has 0 amide bonds. The summed E-state index contributed by atoms with van der Waals surface area (Å²) in [6, 6.07) is 7.79. The van der Waals surface area contributed by atoms with Crippen molar-refractivity contribution in [1.29, 1.82) is 0 Å². The lowest BCUT2D eigenvalue weighted by Gasteiger charge is -2.13. The van der Waals surface area contributed by atoms with Crippen LogP contribution in [0.2, 0.25) is 0 Å². The van der Waals surface area contributed by atoms with Gasteiger partial charge in [0.25, 0.3) is 0 Å². The van der Waals surface area contributed by atoms with Crippen LogP contribution in [0.4, 0.5) is 0 Å². The first-order valence-electron chi connectivity index (χ1n) is 6.76. The average Bonchev–Trinajstić information content (AvgIpc) is 2.85. The summed E-state index contributed by atoms with van der Waals surface area (Å²) >= 11 is 1.79. The molecule has 0 aliphatic heterocycles. The maximum absolute atomic E-state index is 5.94. The Morgan fingerprint density at radius 1 is 1.14 bits per heavy atom. The van der Waals surface area contributed by atoms with Gasteiger partial charge in [0.05, 0.1) is 14.2 Å². The van der Waals surface area contributed by atoms with Crippen molar-refractivity contribution in [3.05, 3.63) is 39.6 Å².